The van der Waals surface area contributed by atoms with Crippen molar-refractivity contribution in [2.24, 2.45) is 0 Å². The smallest absolute Gasteiger partial charge is 0.408 e. The Kier molecular flexibility index (Phi) is 4.84. The monoisotopic (exact) mass is 369 g/mol. The number of aryl methyl sites for hydroxylation is 1. The van der Waals surface area contributed by atoms with E-state index in [1.54, 1.807) is 0 Å². The van der Waals surface area contributed by atoms with Gasteiger partial charge in [-0.2, -0.15) is 18.3 Å². The number of hydrogen-bond acceptors (Lipinski definition) is 6. The molecule has 2 rings (SSSR count). The molecule has 1 aliphatic heterocycles. The predicted molar refractivity (Wildman–Crippen MR) is 78.5 cm³/mol. The zero-order valence-electron chi connectivity index (χ0n) is 13.4. The minimum Gasteiger partial charge on any atom is -0.467 e. The van der Waals surface area contributed by atoms with E-state index in [0.29, 0.717) is 17.5 Å². The first-order valence-electron chi connectivity index (χ1n) is 7.14. The Morgan fingerprint density at radius 3 is 2.54 bits per heavy atom. The molecule has 1 saturated heterocycles. The largest absolute Gasteiger partial charge is 0.467 e. The summed E-state index contributed by atoms with van der Waals surface area (Å²) in [4.78, 5) is 12.9. The summed E-state index contributed by atoms with van der Waals surface area (Å²) in [6.07, 6.45) is -2.78. The molecule has 0 bridgehead atoms. The lowest BCUT2D eigenvalue weighted by atomic mass is 10.2. The van der Waals surface area contributed by atoms with Crippen molar-refractivity contribution < 1.29 is 31.1 Å². The number of esters is 1. The van der Waals surface area contributed by atoms with Gasteiger partial charge in [-0.1, -0.05) is 0 Å². The van der Waals surface area contributed by atoms with Crippen molar-refractivity contribution >= 4 is 21.6 Å². The number of methoxy groups -OCH3 is 1. The lowest BCUT2D eigenvalue weighted by Crippen LogP contribution is -2.39. The van der Waals surface area contributed by atoms with Crippen molar-refractivity contribution in [1.29, 1.82) is 0 Å². The van der Waals surface area contributed by atoms with Crippen molar-refractivity contribution in [1.82, 2.24) is 9.78 Å². The van der Waals surface area contributed by atoms with Crippen LogP contribution in [0.2, 0.25) is 0 Å². The first kappa shape index (κ1) is 18.6. The molecule has 24 heavy (non-hydrogen) atoms. The number of nitrogens with zero attached hydrogens (tertiary/aromatic N) is 3. The molecule has 1 atom stereocenters. The van der Waals surface area contributed by atoms with Gasteiger partial charge in [0.2, 0.25) is 0 Å². The summed E-state index contributed by atoms with van der Waals surface area (Å²) in [6, 6.07) is -0.835. The van der Waals surface area contributed by atoms with Crippen molar-refractivity contribution in [3.63, 3.8) is 0 Å². The highest BCUT2D eigenvalue weighted by Gasteiger charge is 2.40. The van der Waals surface area contributed by atoms with Gasteiger partial charge in [-0.15, -0.1) is 0 Å². The number of ether oxygens (including phenoxy) is 1. The fraction of sp³-hybridized carbons (Fsp3) is 0.692. The Balaban J connectivity index is 2.63. The third kappa shape index (κ3) is 3.65. The van der Waals surface area contributed by atoms with Crippen molar-refractivity contribution in [2.45, 2.75) is 43.4 Å². The molecular weight excluding hydrogens is 351 g/mol. The van der Waals surface area contributed by atoms with Crippen LogP contribution in [-0.2, 0) is 25.9 Å². The van der Waals surface area contributed by atoms with Gasteiger partial charge in [0.25, 0.3) is 0 Å². The van der Waals surface area contributed by atoms with Crippen LogP contribution in [0.15, 0.2) is 4.90 Å². The van der Waals surface area contributed by atoms with Crippen molar-refractivity contribution in [2.75, 3.05) is 24.8 Å². The average Bonchev–Trinajstić information content (AvgIpc) is 2.99. The van der Waals surface area contributed by atoms with Crippen LogP contribution in [-0.4, -0.2) is 56.3 Å². The topological polar surface area (TPSA) is 81.5 Å². The van der Waals surface area contributed by atoms with Gasteiger partial charge in [0.05, 0.1) is 12.8 Å². The van der Waals surface area contributed by atoms with E-state index in [4.69, 9.17) is 0 Å². The highest BCUT2D eigenvalue weighted by Crippen LogP contribution is 2.35. The highest BCUT2D eigenvalue weighted by atomic mass is 32.2. The van der Waals surface area contributed by atoms with Gasteiger partial charge in [0, 0.05) is 12.8 Å². The second-order valence-corrected chi connectivity index (χ2v) is 7.61. The number of carbonyl (C=O) groups is 1. The van der Waals surface area contributed by atoms with Crippen molar-refractivity contribution in [3.8, 4) is 0 Å². The molecule has 2 heterocycles. The number of hydrogen-bond donors (Lipinski definition) is 0. The fourth-order valence-electron chi connectivity index (χ4n) is 2.95. The van der Waals surface area contributed by atoms with E-state index >= 15 is 0 Å². The van der Waals surface area contributed by atoms with E-state index in [1.165, 1.54) is 18.9 Å². The Hall–Kier alpha value is -1.78. The molecule has 0 aromatic carbocycles. The van der Waals surface area contributed by atoms with Crippen LogP contribution >= 0.6 is 0 Å². The third-order valence-corrected chi connectivity index (χ3v) is 4.96. The van der Waals surface area contributed by atoms with Crippen LogP contribution in [0.4, 0.5) is 19.0 Å². The summed E-state index contributed by atoms with van der Waals surface area (Å²) in [7, 11) is -2.66. The minimum atomic E-state index is -4.58. The number of sulfone groups is 1. The van der Waals surface area contributed by atoms with Crippen LogP contribution in [0.25, 0.3) is 0 Å². The number of rotatable bonds is 4. The summed E-state index contributed by atoms with van der Waals surface area (Å²) in [5.74, 6) is -0.829. The van der Waals surface area contributed by atoms with E-state index in [1.807, 2.05) is 0 Å². The Morgan fingerprint density at radius 1 is 1.42 bits per heavy atom. The van der Waals surface area contributed by atoms with Crippen molar-refractivity contribution in [3.05, 3.63) is 5.69 Å². The van der Waals surface area contributed by atoms with Gasteiger partial charge >= 0.3 is 12.1 Å². The number of aromatic nitrogens is 2. The van der Waals surface area contributed by atoms with Gasteiger partial charge < -0.3 is 9.64 Å². The quantitative estimate of drug-likeness (QED) is 0.744. The Bertz CT molecular complexity index is 742. The minimum absolute atomic E-state index is 0.0349. The van der Waals surface area contributed by atoms with Crippen LogP contribution in [0.1, 0.15) is 18.5 Å². The normalized spacial score (nSPS) is 18.9. The molecule has 0 aliphatic carbocycles. The first-order valence-corrected chi connectivity index (χ1v) is 9.03. The molecule has 0 N–H and O–H groups in total. The van der Waals surface area contributed by atoms with Gasteiger partial charge in [0.1, 0.15) is 23.3 Å². The second-order valence-electron chi connectivity index (χ2n) is 5.66. The lowest BCUT2D eigenvalue weighted by molar-refractivity contribution is -0.142. The highest BCUT2D eigenvalue weighted by molar-refractivity contribution is 7.91. The maximum Gasteiger partial charge on any atom is 0.408 e. The SMILES string of the molecule is COC(=O)C1CCCN1c1c(S(C)(=O)=O)c(C)nn1CC(F)(F)F. The molecule has 136 valence electrons. The molecule has 1 unspecified atom stereocenters. The molecular formula is C13H18F3N3O4S. The standard InChI is InChI=1S/C13H18F3N3O4S/c1-8-10(24(3,21)22)11(19(17-8)7-13(14,15)16)18-6-4-5-9(18)12(20)23-2/h9H,4-7H2,1-3H3. The number of alkyl halides is 3. The van der Waals surface area contributed by atoms with Gasteiger partial charge in [-0.3, -0.25) is 0 Å². The van der Waals surface area contributed by atoms with Crippen LogP contribution < -0.4 is 4.90 Å². The molecule has 0 spiro atoms. The average molecular weight is 369 g/mol. The maximum absolute atomic E-state index is 12.8. The van der Waals surface area contributed by atoms with E-state index in [-0.39, 0.29) is 23.0 Å². The molecule has 11 heteroatoms. The van der Waals surface area contributed by atoms with E-state index in [9.17, 15) is 26.4 Å². The van der Waals surface area contributed by atoms with E-state index in [0.717, 1.165) is 6.26 Å². The summed E-state index contributed by atoms with van der Waals surface area (Å²) < 4.78 is 68.0. The van der Waals surface area contributed by atoms with Crippen LogP contribution in [0.5, 0.6) is 0 Å². The zero-order valence-corrected chi connectivity index (χ0v) is 14.2. The summed E-state index contributed by atoms with van der Waals surface area (Å²) in [5.41, 5.74) is -0.0349. The third-order valence-electron chi connectivity index (χ3n) is 3.74. The first-order chi connectivity index (χ1) is 11.0. The molecule has 7 nitrogen and oxygen atoms in total. The second kappa shape index (κ2) is 6.26. The molecule has 1 aromatic heterocycles. The van der Waals surface area contributed by atoms with Gasteiger partial charge in [-0.25, -0.2) is 17.9 Å². The van der Waals surface area contributed by atoms with Gasteiger partial charge in [-0.05, 0) is 19.8 Å². The number of halogens is 3. The molecule has 0 amide bonds. The van der Waals surface area contributed by atoms with Gasteiger partial charge in [0.15, 0.2) is 9.84 Å². The lowest BCUT2D eigenvalue weighted by Gasteiger charge is -2.26. The summed E-state index contributed by atoms with van der Waals surface area (Å²) >= 11 is 0. The molecule has 1 aliphatic rings. The van der Waals surface area contributed by atoms with E-state index in [2.05, 4.69) is 9.84 Å². The van der Waals surface area contributed by atoms with Crippen LogP contribution in [0.3, 0.4) is 0 Å². The fourth-order valence-corrected chi connectivity index (χ4v) is 4.08. The summed E-state index contributed by atoms with van der Waals surface area (Å²) in [6.45, 7) is 0.129. The predicted octanol–water partition coefficient (Wildman–Crippen LogP) is 1.30. The molecule has 0 saturated carbocycles. The van der Waals surface area contributed by atoms with Crippen LogP contribution in [0, 0.1) is 6.92 Å². The molecule has 0 radical (unpaired) electrons. The summed E-state index contributed by atoms with van der Waals surface area (Å²) in [5, 5.41) is 3.75. The Labute approximate surface area is 137 Å². The number of carbonyl (C=O) groups excluding carboxylic acids is 1. The number of anilines is 1. The van der Waals surface area contributed by atoms with E-state index < -0.39 is 34.6 Å². The Morgan fingerprint density at radius 2 is 2.04 bits per heavy atom. The molecule has 1 aromatic rings. The molecule has 1 fully saturated rings. The maximum atomic E-state index is 12.8. The zero-order chi connectivity index (χ0) is 18.3.